The Balaban J connectivity index is 2.29. The molecule has 0 aliphatic rings. The van der Waals surface area contributed by atoms with Crippen LogP contribution >= 0.6 is 22.6 Å². The average Bonchev–Trinajstić information content (AvgIpc) is 2.30. The van der Waals surface area contributed by atoms with Gasteiger partial charge in [-0.1, -0.05) is 30.3 Å². The van der Waals surface area contributed by atoms with Crippen LogP contribution in [0.4, 0.5) is 13.2 Å². The Labute approximate surface area is 123 Å². The maximum absolute atomic E-state index is 12.7. The van der Waals surface area contributed by atoms with Crippen LogP contribution in [0.5, 0.6) is 0 Å². The lowest BCUT2D eigenvalue weighted by molar-refractivity contribution is -0.138. The number of hydrogen-bond acceptors (Lipinski definition) is 0. The van der Waals surface area contributed by atoms with Gasteiger partial charge in [0.15, 0.2) is 0 Å². The highest BCUT2D eigenvalue weighted by atomic mass is 127. The summed E-state index contributed by atoms with van der Waals surface area (Å²) in [5, 5.41) is 0. The number of halogens is 4. The molecule has 0 nitrogen and oxygen atoms in total. The van der Waals surface area contributed by atoms with Crippen molar-refractivity contribution in [2.45, 2.75) is 19.5 Å². The SMILES string of the molecule is Cc1cc(Cc2ccccc2I)ccc1C(F)(F)F. The monoisotopic (exact) mass is 376 g/mol. The van der Waals surface area contributed by atoms with Crippen molar-refractivity contribution in [1.82, 2.24) is 0 Å². The second-order valence-corrected chi connectivity index (χ2v) is 5.58. The second-order valence-electron chi connectivity index (χ2n) is 4.42. The van der Waals surface area contributed by atoms with Crippen LogP contribution < -0.4 is 0 Å². The molecule has 0 unspecified atom stereocenters. The van der Waals surface area contributed by atoms with Crippen LogP contribution in [0.15, 0.2) is 42.5 Å². The Morgan fingerprint density at radius 2 is 1.74 bits per heavy atom. The van der Waals surface area contributed by atoms with Crippen LogP contribution in [0.2, 0.25) is 0 Å². The van der Waals surface area contributed by atoms with Crippen molar-refractivity contribution in [3.05, 3.63) is 68.3 Å². The largest absolute Gasteiger partial charge is 0.416 e. The Morgan fingerprint density at radius 3 is 2.32 bits per heavy atom. The highest BCUT2D eigenvalue weighted by molar-refractivity contribution is 14.1. The molecule has 0 fully saturated rings. The summed E-state index contributed by atoms with van der Waals surface area (Å²) in [6.07, 6.45) is -3.62. The lowest BCUT2D eigenvalue weighted by Gasteiger charge is -2.12. The van der Waals surface area contributed by atoms with E-state index in [1.165, 1.54) is 13.0 Å². The first-order valence-corrected chi connectivity index (χ1v) is 6.86. The van der Waals surface area contributed by atoms with Gasteiger partial charge in [0.1, 0.15) is 0 Å². The van der Waals surface area contributed by atoms with E-state index in [2.05, 4.69) is 22.6 Å². The van der Waals surface area contributed by atoms with E-state index in [1.54, 1.807) is 12.1 Å². The molecule has 19 heavy (non-hydrogen) atoms. The van der Waals surface area contributed by atoms with Crippen molar-refractivity contribution in [2.75, 3.05) is 0 Å². The summed E-state index contributed by atoms with van der Waals surface area (Å²) in [7, 11) is 0. The molecule has 0 aliphatic carbocycles. The van der Waals surface area contributed by atoms with Gasteiger partial charge in [-0.2, -0.15) is 13.2 Å². The van der Waals surface area contributed by atoms with Crippen molar-refractivity contribution in [1.29, 1.82) is 0 Å². The zero-order chi connectivity index (χ0) is 14.0. The molecule has 2 rings (SSSR count). The van der Waals surface area contributed by atoms with E-state index in [9.17, 15) is 13.2 Å². The van der Waals surface area contributed by atoms with Crippen LogP contribution in [-0.2, 0) is 12.6 Å². The fraction of sp³-hybridized carbons (Fsp3) is 0.200. The van der Waals surface area contributed by atoms with Crippen LogP contribution in [0, 0.1) is 10.5 Å². The molecular formula is C15H12F3I. The molecule has 0 N–H and O–H groups in total. The highest BCUT2D eigenvalue weighted by Gasteiger charge is 2.32. The molecule has 0 radical (unpaired) electrons. The fourth-order valence-electron chi connectivity index (χ4n) is 2.02. The minimum atomic E-state index is -4.27. The molecule has 0 spiro atoms. The van der Waals surface area contributed by atoms with E-state index in [1.807, 2.05) is 24.3 Å². The number of hydrogen-bond donors (Lipinski definition) is 0. The topological polar surface area (TPSA) is 0 Å². The summed E-state index contributed by atoms with van der Waals surface area (Å²) in [6.45, 7) is 1.50. The molecule has 2 aromatic carbocycles. The van der Waals surface area contributed by atoms with Gasteiger partial charge in [0, 0.05) is 3.57 Å². The lowest BCUT2D eigenvalue weighted by atomic mass is 10.00. The molecule has 0 aromatic heterocycles. The van der Waals surface area contributed by atoms with E-state index < -0.39 is 11.7 Å². The fourth-order valence-corrected chi connectivity index (χ4v) is 2.59. The van der Waals surface area contributed by atoms with Crippen LogP contribution in [0.25, 0.3) is 0 Å². The molecule has 0 atom stereocenters. The van der Waals surface area contributed by atoms with Gasteiger partial charge in [-0.15, -0.1) is 0 Å². The Hall–Kier alpha value is -1.04. The number of benzene rings is 2. The third-order valence-electron chi connectivity index (χ3n) is 2.95. The van der Waals surface area contributed by atoms with Crippen molar-refractivity contribution in [2.24, 2.45) is 0 Å². The zero-order valence-corrected chi connectivity index (χ0v) is 12.4. The summed E-state index contributed by atoms with van der Waals surface area (Å²) >= 11 is 2.24. The quantitative estimate of drug-likeness (QED) is 0.632. The van der Waals surface area contributed by atoms with Gasteiger partial charge in [-0.3, -0.25) is 0 Å². The van der Waals surface area contributed by atoms with E-state index in [4.69, 9.17) is 0 Å². The summed E-state index contributed by atoms with van der Waals surface area (Å²) in [5.41, 5.74) is 1.74. The summed E-state index contributed by atoms with van der Waals surface area (Å²) < 4.78 is 39.1. The third kappa shape index (κ3) is 3.49. The molecule has 0 saturated carbocycles. The Bertz CT molecular complexity index is 588. The maximum atomic E-state index is 12.7. The molecule has 100 valence electrons. The first kappa shape index (κ1) is 14.4. The number of alkyl halides is 3. The van der Waals surface area contributed by atoms with E-state index in [0.29, 0.717) is 6.42 Å². The molecule has 0 bridgehead atoms. The highest BCUT2D eigenvalue weighted by Crippen LogP contribution is 2.32. The normalized spacial score (nSPS) is 11.6. The average molecular weight is 376 g/mol. The van der Waals surface area contributed by atoms with E-state index in [-0.39, 0.29) is 5.56 Å². The third-order valence-corrected chi connectivity index (χ3v) is 4.00. The molecular weight excluding hydrogens is 364 g/mol. The van der Waals surface area contributed by atoms with Crippen molar-refractivity contribution < 1.29 is 13.2 Å². The van der Waals surface area contributed by atoms with Gasteiger partial charge in [-0.25, -0.2) is 0 Å². The number of aryl methyl sites for hydroxylation is 1. The van der Waals surface area contributed by atoms with Gasteiger partial charge in [0.2, 0.25) is 0 Å². The van der Waals surface area contributed by atoms with Gasteiger partial charge < -0.3 is 0 Å². The van der Waals surface area contributed by atoms with Gasteiger partial charge in [0.05, 0.1) is 5.56 Å². The first-order valence-electron chi connectivity index (χ1n) is 5.78. The van der Waals surface area contributed by atoms with Crippen LogP contribution in [0.1, 0.15) is 22.3 Å². The standard InChI is InChI=1S/C15H12F3I/c1-10-8-11(6-7-13(10)15(16,17)18)9-12-4-2-3-5-14(12)19/h2-8H,9H2,1H3. The van der Waals surface area contributed by atoms with Gasteiger partial charge >= 0.3 is 6.18 Å². The Kier molecular flexibility index (Phi) is 4.18. The predicted molar refractivity (Wildman–Crippen MR) is 78.1 cm³/mol. The zero-order valence-electron chi connectivity index (χ0n) is 10.3. The predicted octanol–water partition coefficient (Wildman–Crippen LogP) is 5.21. The molecule has 0 aliphatic heterocycles. The van der Waals surface area contributed by atoms with Crippen molar-refractivity contribution in [3.63, 3.8) is 0 Å². The maximum Gasteiger partial charge on any atom is 0.416 e. The molecule has 0 amide bonds. The van der Waals surface area contributed by atoms with E-state index in [0.717, 1.165) is 14.7 Å². The lowest BCUT2D eigenvalue weighted by Crippen LogP contribution is -2.07. The van der Waals surface area contributed by atoms with Crippen molar-refractivity contribution in [3.8, 4) is 0 Å². The van der Waals surface area contributed by atoms with E-state index >= 15 is 0 Å². The minimum Gasteiger partial charge on any atom is -0.166 e. The summed E-state index contributed by atoms with van der Waals surface area (Å²) in [5.74, 6) is 0. The van der Waals surface area contributed by atoms with Crippen molar-refractivity contribution >= 4 is 22.6 Å². The summed E-state index contributed by atoms with van der Waals surface area (Å²) in [4.78, 5) is 0. The molecule has 4 heteroatoms. The Morgan fingerprint density at radius 1 is 1.05 bits per heavy atom. The molecule has 2 aromatic rings. The molecule has 0 heterocycles. The number of rotatable bonds is 2. The second kappa shape index (κ2) is 5.53. The van der Waals surface area contributed by atoms with Crippen LogP contribution in [-0.4, -0.2) is 0 Å². The smallest absolute Gasteiger partial charge is 0.166 e. The van der Waals surface area contributed by atoms with Crippen LogP contribution in [0.3, 0.4) is 0 Å². The minimum absolute atomic E-state index is 0.274. The van der Waals surface area contributed by atoms with Gasteiger partial charge in [0.25, 0.3) is 0 Å². The summed E-state index contributed by atoms with van der Waals surface area (Å²) in [6, 6.07) is 12.2. The molecule has 0 saturated heterocycles. The first-order chi connectivity index (χ1) is 8.88. The van der Waals surface area contributed by atoms with Gasteiger partial charge in [-0.05, 0) is 64.8 Å².